The van der Waals surface area contributed by atoms with Crippen molar-refractivity contribution in [3.63, 3.8) is 0 Å². The van der Waals surface area contributed by atoms with Gasteiger partial charge in [-0.15, -0.1) is 0 Å². The van der Waals surface area contributed by atoms with Gasteiger partial charge in [-0.05, 0) is 48.7 Å². The summed E-state index contributed by atoms with van der Waals surface area (Å²) in [7, 11) is -3.18. The highest BCUT2D eigenvalue weighted by atomic mass is 35.5. The Balaban J connectivity index is 1.73. The quantitative estimate of drug-likeness (QED) is 0.735. The minimum absolute atomic E-state index is 0.00784. The van der Waals surface area contributed by atoms with Gasteiger partial charge in [0.15, 0.2) is 9.84 Å². The van der Waals surface area contributed by atoms with Crippen LogP contribution < -0.4 is 4.90 Å². The lowest BCUT2D eigenvalue weighted by Gasteiger charge is -2.24. The van der Waals surface area contributed by atoms with E-state index in [1.165, 1.54) is 0 Å². The fourth-order valence-electron chi connectivity index (χ4n) is 4.01. The minimum Gasteiger partial charge on any atom is -0.314 e. The Morgan fingerprint density at radius 1 is 1.04 bits per heavy atom. The van der Waals surface area contributed by atoms with Gasteiger partial charge in [0.1, 0.15) is 0 Å². The average Bonchev–Trinajstić information content (AvgIpc) is 3.03. The Kier molecular flexibility index (Phi) is 4.43. The zero-order valence-corrected chi connectivity index (χ0v) is 16.8. The minimum atomic E-state index is -3.18. The van der Waals surface area contributed by atoms with Crippen LogP contribution in [0.15, 0.2) is 42.5 Å². The van der Waals surface area contributed by atoms with E-state index in [2.05, 4.69) is 0 Å². The normalized spacial score (nSPS) is 23.7. The molecular formula is C20H21ClN2O3S. The number of amides is 2. The maximum absolute atomic E-state index is 13.3. The van der Waals surface area contributed by atoms with Gasteiger partial charge < -0.3 is 4.90 Å². The maximum Gasteiger partial charge on any atom is 0.325 e. The van der Waals surface area contributed by atoms with E-state index in [-0.39, 0.29) is 29.6 Å². The van der Waals surface area contributed by atoms with Gasteiger partial charge in [0, 0.05) is 17.3 Å². The molecule has 0 saturated carbocycles. The van der Waals surface area contributed by atoms with E-state index in [0.29, 0.717) is 11.6 Å². The smallest absolute Gasteiger partial charge is 0.314 e. The predicted molar refractivity (Wildman–Crippen MR) is 107 cm³/mol. The molecule has 2 atom stereocenters. The molecular weight excluding hydrogens is 384 g/mol. The molecule has 27 heavy (non-hydrogen) atoms. The summed E-state index contributed by atoms with van der Waals surface area (Å²) in [6.45, 7) is 4.29. The van der Waals surface area contributed by atoms with Crippen molar-refractivity contribution in [2.75, 3.05) is 16.4 Å². The van der Waals surface area contributed by atoms with Crippen LogP contribution in [0.1, 0.15) is 16.7 Å². The summed E-state index contributed by atoms with van der Waals surface area (Å²) in [5.74, 6) is 0.0201. The second kappa shape index (κ2) is 6.53. The Morgan fingerprint density at radius 2 is 1.70 bits per heavy atom. The number of hydrogen-bond donors (Lipinski definition) is 0. The second-order valence-electron chi connectivity index (χ2n) is 7.41. The molecule has 2 heterocycles. The monoisotopic (exact) mass is 404 g/mol. The number of urea groups is 1. The topological polar surface area (TPSA) is 57.7 Å². The Morgan fingerprint density at radius 3 is 2.41 bits per heavy atom. The molecule has 0 spiro atoms. The van der Waals surface area contributed by atoms with E-state index in [1.807, 2.05) is 44.2 Å². The van der Waals surface area contributed by atoms with E-state index in [1.54, 1.807) is 21.9 Å². The summed E-state index contributed by atoms with van der Waals surface area (Å²) in [5, 5.41) is 0.629. The molecule has 2 fully saturated rings. The molecule has 4 rings (SSSR count). The molecule has 2 aliphatic rings. The molecule has 2 aromatic carbocycles. The summed E-state index contributed by atoms with van der Waals surface area (Å²) in [5.41, 5.74) is 3.73. The van der Waals surface area contributed by atoms with Crippen molar-refractivity contribution in [3.8, 4) is 0 Å². The first-order valence-electron chi connectivity index (χ1n) is 8.87. The lowest BCUT2D eigenvalue weighted by atomic mass is 10.1. The lowest BCUT2D eigenvalue weighted by Crippen LogP contribution is -2.38. The van der Waals surface area contributed by atoms with Crippen LogP contribution in [0.2, 0.25) is 5.02 Å². The molecule has 2 amide bonds. The summed E-state index contributed by atoms with van der Waals surface area (Å²) in [6.07, 6.45) is 0. The summed E-state index contributed by atoms with van der Waals surface area (Å²) >= 11 is 5.95. The van der Waals surface area contributed by atoms with E-state index in [4.69, 9.17) is 11.6 Å². The third kappa shape index (κ3) is 3.32. The second-order valence-corrected chi connectivity index (χ2v) is 10.00. The number of aryl methyl sites for hydroxylation is 2. The predicted octanol–water partition coefficient (Wildman–Crippen LogP) is 3.56. The number of rotatable bonds is 3. The van der Waals surface area contributed by atoms with Gasteiger partial charge in [-0.2, -0.15) is 0 Å². The molecule has 2 aromatic rings. The van der Waals surface area contributed by atoms with E-state index >= 15 is 0 Å². The molecule has 0 unspecified atom stereocenters. The van der Waals surface area contributed by atoms with Crippen molar-refractivity contribution in [3.05, 3.63) is 64.2 Å². The number of sulfone groups is 1. The SMILES string of the molecule is Cc1ccc(C)c(N2C(=O)N(Cc3ccc(Cl)cc3)[C@@H]3CS(=O)(=O)C[C@@H]32)c1. The highest BCUT2D eigenvalue weighted by Crippen LogP contribution is 2.37. The molecule has 2 saturated heterocycles. The lowest BCUT2D eigenvalue weighted by molar-refractivity contribution is 0.206. The average molecular weight is 405 g/mol. The molecule has 0 aromatic heterocycles. The van der Waals surface area contributed by atoms with Crippen LogP contribution >= 0.6 is 11.6 Å². The number of nitrogens with zero attached hydrogens (tertiary/aromatic N) is 2. The molecule has 2 aliphatic heterocycles. The van der Waals surface area contributed by atoms with Crippen LogP contribution in [0.5, 0.6) is 0 Å². The van der Waals surface area contributed by atoms with Crippen LogP contribution in [-0.4, -0.2) is 42.9 Å². The molecule has 0 N–H and O–H groups in total. The van der Waals surface area contributed by atoms with Crippen molar-refractivity contribution in [2.24, 2.45) is 0 Å². The van der Waals surface area contributed by atoms with Crippen LogP contribution in [0, 0.1) is 13.8 Å². The van der Waals surface area contributed by atoms with Crippen LogP contribution in [0.4, 0.5) is 10.5 Å². The van der Waals surface area contributed by atoms with Crippen LogP contribution in [-0.2, 0) is 16.4 Å². The number of fused-ring (bicyclic) bond motifs is 1. The number of halogens is 1. The number of hydrogen-bond acceptors (Lipinski definition) is 3. The Hall–Kier alpha value is -2.05. The highest BCUT2D eigenvalue weighted by molar-refractivity contribution is 7.91. The first kappa shape index (κ1) is 18.3. The third-order valence-electron chi connectivity index (χ3n) is 5.37. The fourth-order valence-corrected chi connectivity index (χ4v) is 6.09. The number of carbonyl (C=O) groups excluding carboxylic acids is 1. The molecule has 0 radical (unpaired) electrons. The van der Waals surface area contributed by atoms with Gasteiger partial charge in [0.2, 0.25) is 0 Å². The van der Waals surface area contributed by atoms with Crippen molar-refractivity contribution in [1.82, 2.24) is 4.90 Å². The number of anilines is 1. The van der Waals surface area contributed by atoms with Crippen LogP contribution in [0.25, 0.3) is 0 Å². The summed E-state index contributed by atoms with van der Waals surface area (Å²) in [6, 6.07) is 12.4. The Labute approximate surface area is 164 Å². The summed E-state index contributed by atoms with van der Waals surface area (Å²) < 4.78 is 24.7. The van der Waals surface area contributed by atoms with Gasteiger partial charge >= 0.3 is 6.03 Å². The molecule has 0 aliphatic carbocycles. The zero-order valence-electron chi connectivity index (χ0n) is 15.2. The number of benzene rings is 2. The van der Waals surface area contributed by atoms with E-state index in [0.717, 1.165) is 22.4 Å². The first-order valence-corrected chi connectivity index (χ1v) is 11.1. The van der Waals surface area contributed by atoms with E-state index < -0.39 is 9.84 Å². The largest absolute Gasteiger partial charge is 0.325 e. The molecule has 0 bridgehead atoms. The van der Waals surface area contributed by atoms with Gasteiger partial charge in [-0.3, -0.25) is 4.90 Å². The standard InChI is InChI=1S/C20H21ClN2O3S/c1-13-3-4-14(2)17(9-13)23-19-12-27(25,26)11-18(19)22(20(23)24)10-15-5-7-16(21)8-6-15/h3-9,18-19H,10-12H2,1-2H3/t18-,19+/m1/s1. The van der Waals surface area contributed by atoms with Gasteiger partial charge in [-0.1, -0.05) is 35.9 Å². The third-order valence-corrected chi connectivity index (χ3v) is 7.32. The zero-order chi connectivity index (χ0) is 19.3. The number of carbonyl (C=O) groups is 1. The fraction of sp³-hybridized carbons (Fsp3) is 0.350. The van der Waals surface area contributed by atoms with Gasteiger partial charge in [0.25, 0.3) is 0 Å². The first-order chi connectivity index (χ1) is 12.7. The van der Waals surface area contributed by atoms with Crippen LogP contribution in [0.3, 0.4) is 0 Å². The Bertz CT molecular complexity index is 1000. The van der Waals surface area contributed by atoms with Crippen molar-refractivity contribution >= 4 is 33.2 Å². The van der Waals surface area contributed by atoms with Crippen molar-refractivity contribution < 1.29 is 13.2 Å². The van der Waals surface area contributed by atoms with Crippen molar-refractivity contribution in [1.29, 1.82) is 0 Å². The van der Waals surface area contributed by atoms with Gasteiger partial charge in [-0.25, -0.2) is 13.2 Å². The summed E-state index contributed by atoms with van der Waals surface area (Å²) in [4.78, 5) is 16.7. The maximum atomic E-state index is 13.3. The molecule has 7 heteroatoms. The molecule has 142 valence electrons. The molecule has 5 nitrogen and oxygen atoms in total. The van der Waals surface area contributed by atoms with Gasteiger partial charge in [0.05, 0.1) is 23.6 Å². The van der Waals surface area contributed by atoms with E-state index in [9.17, 15) is 13.2 Å². The van der Waals surface area contributed by atoms with Crippen molar-refractivity contribution in [2.45, 2.75) is 32.5 Å². The highest BCUT2D eigenvalue weighted by Gasteiger charge is 2.54.